The van der Waals surface area contributed by atoms with Crippen molar-refractivity contribution in [2.24, 2.45) is 0 Å². The standard InChI is InChI=1S/C50H30S2/c1-3-11-31(12-4-1)49-39-23-19-33(35-21-25-47-41(27-35)37-15-7-9-17-45(37)51-47)29-43(39)50(32-13-5-2-6-14-32)44-30-34(20-24-40(44)49)36-22-26-48-42(28-36)38-16-8-10-18-46(38)52-48/h1-30H. The van der Waals surface area contributed by atoms with Crippen LogP contribution in [-0.2, 0) is 0 Å². The maximum Gasteiger partial charge on any atom is 0.0355 e. The Labute approximate surface area is 309 Å². The average molecular weight is 695 g/mol. The fourth-order valence-electron chi connectivity index (χ4n) is 8.23. The normalized spacial score (nSPS) is 11.8. The van der Waals surface area contributed by atoms with Crippen LogP contribution in [0.25, 0.3) is 106 Å². The summed E-state index contributed by atoms with van der Waals surface area (Å²) in [5.41, 5.74) is 9.95. The third-order valence-electron chi connectivity index (χ3n) is 10.7. The Morgan fingerprint density at radius 1 is 0.212 bits per heavy atom. The number of hydrogen-bond acceptors (Lipinski definition) is 2. The molecular formula is C50H30S2. The smallest absolute Gasteiger partial charge is 0.0355 e. The predicted octanol–water partition coefficient (Wildman–Crippen LogP) is 15.4. The molecule has 242 valence electrons. The molecule has 2 heteroatoms. The summed E-state index contributed by atoms with van der Waals surface area (Å²) in [7, 11) is 0. The van der Waals surface area contributed by atoms with E-state index in [-0.39, 0.29) is 0 Å². The van der Waals surface area contributed by atoms with E-state index in [4.69, 9.17) is 0 Å². The molecule has 0 aliphatic heterocycles. The van der Waals surface area contributed by atoms with Crippen molar-refractivity contribution in [1.82, 2.24) is 0 Å². The van der Waals surface area contributed by atoms with Crippen LogP contribution in [0.3, 0.4) is 0 Å². The highest BCUT2D eigenvalue weighted by atomic mass is 32.1. The number of rotatable bonds is 4. The van der Waals surface area contributed by atoms with Gasteiger partial charge in [-0.15, -0.1) is 22.7 Å². The molecule has 0 nitrogen and oxygen atoms in total. The Morgan fingerprint density at radius 2 is 0.558 bits per heavy atom. The van der Waals surface area contributed by atoms with Crippen LogP contribution >= 0.6 is 22.7 Å². The van der Waals surface area contributed by atoms with Crippen molar-refractivity contribution >= 4 is 84.6 Å². The fourth-order valence-corrected chi connectivity index (χ4v) is 10.4. The minimum Gasteiger partial charge on any atom is -0.135 e. The zero-order chi connectivity index (χ0) is 34.2. The summed E-state index contributed by atoms with van der Waals surface area (Å²) in [5, 5.41) is 10.4. The topological polar surface area (TPSA) is 0 Å². The van der Waals surface area contributed by atoms with Crippen LogP contribution in [0.2, 0.25) is 0 Å². The minimum absolute atomic E-state index is 1.23. The second-order valence-electron chi connectivity index (χ2n) is 13.6. The van der Waals surface area contributed by atoms with Crippen molar-refractivity contribution in [3.05, 3.63) is 182 Å². The summed E-state index contributed by atoms with van der Waals surface area (Å²) < 4.78 is 5.32. The van der Waals surface area contributed by atoms with E-state index in [1.807, 2.05) is 22.7 Å². The first kappa shape index (κ1) is 29.6. The van der Waals surface area contributed by atoms with Gasteiger partial charge in [0.25, 0.3) is 0 Å². The van der Waals surface area contributed by atoms with Crippen LogP contribution in [0.1, 0.15) is 0 Å². The molecule has 0 bridgehead atoms. The van der Waals surface area contributed by atoms with E-state index in [2.05, 4.69) is 182 Å². The van der Waals surface area contributed by atoms with Crippen LogP contribution in [0, 0.1) is 0 Å². The van der Waals surface area contributed by atoms with Crippen LogP contribution in [0.4, 0.5) is 0 Å². The predicted molar refractivity (Wildman–Crippen MR) is 229 cm³/mol. The highest BCUT2D eigenvalue weighted by molar-refractivity contribution is 7.26. The van der Waals surface area contributed by atoms with Crippen molar-refractivity contribution in [3.63, 3.8) is 0 Å². The Morgan fingerprint density at radius 3 is 1.02 bits per heavy atom. The van der Waals surface area contributed by atoms with Gasteiger partial charge in [0.2, 0.25) is 0 Å². The molecular weight excluding hydrogens is 665 g/mol. The first-order valence-corrected chi connectivity index (χ1v) is 19.4. The molecule has 0 unspecified atom stereocenters. The van der Waals surface area contributed by atoms with E-state index >= 15 is 0 Å². The van der Waals surface area contributed by atoms with Crippen LogP contribution < -0.4 is 0 Å². The van der Waals surface area contributed by atoms with Crippen LogP contribution in [0.5, 0.6) is 0 Å². The van der Waals surface area contributed by atoms with Gasteiger partial charge in [-0.25, -0.2) is 0 Å². The van der Waals surface area contributed by atoms with E-state index in [1.165, 1.54) is 106 Å². The lowest BCUT2D eigenvalue weighted by molar-refractivity contribution is 1.63. The Hall–Kier alpha value is -6.06. The molecule has 0 spiro atoms. The van der Waals surface area contributed by atoms with Gasteiger partial charge in [0.05, 0.1) is 0 Å². The molecule has 0 radical (unpaired) electrons. The van der Waals surface area contributed by atoms with Gasteiger partial charge in [0.1, 0.15) is 0 Å². The summed E-state index contributed by atoms with van der Waals surface area (Å²) in [6.07, 6.45) is 0. The lowest BCUT2D eigenvalue weighted by atomic mass is 9.84. The van der Waals surface area contributed by atoms with Gasteiger partial charge in [-0.1, -0.05) is 133 Å². The highest BCUT2D eigenvalue weighted by Gasteiger charge is 2.19. The van der Waals surface area contributed by atoms with E-state index in [9.17, 15) is 0 Å². The molecule has 0 aliphatic carbocycles. The van der Waals surface area contributed by atoms with E-state index in [0.717, 1.165) is 0 Å². The second-order valence-corrected chi connectivity index (χ2v) is 15.8. The van der Waals surface area contributed by atoms with Gasteiger partial charge in [-0.3, -0.25) is 0 Å². The highest BCUT2D eigenvalue weighted by Crippen LogP contribution is 2.47. The lowest BCUT2D eigenvalue weighted by Gasteiger charge is -2.19. The third-order valence-corrected chi connectivity index (χ3v) is 13.0. The van der Waals surface area contributed by atoms with Gasteiger partial charge >= 0.3 is 0 Å². The molecule has 0 fully saturated rings. The SMILES string of the molecule is c1ccc(-c2c3ccc(-c4ccc5sc6ccccc6c5c4)cc3c(-c3ccccc3)c3cc(-c4ccc5sc6ccccc6c5c4)ccc23)cc1. The first-order chi connectivity index (χ1) is 25.8. The number of benzene rings is 9. The van der Waals surface area contributed by atoms with Crippen molar-refractivity contribution < 1.29 is 0 Å². The maximum atomic E-state index is 2.44. The maximum absolute atomic E-state index is 2.44. The monoisotopic (exact) mass is 694 g/mol. The van der Waals surface area contributed by atoms with Gasteiger partial charge < -0.3 is 0 Å². The molecule has 0 atom stereocenters. The zero-order valence-electron chi connectivity index (χ0n) is 28.1. The van der Waals surface area contributed by atoms with Crippen molar-refractivity contribution in [2.45, 2.75) is 0 Å². The average Bonchev–Trinajstić information content (AvgIpc) is 3.78. The minimum atomic E-state index is 1.23. The van der Waals surface area contributed by atoms with E-state index in [1.54, 1.807) is 0 Å². The molecule has 11 aromatic rings. The molecule has 0 aliphatic rings. The Kier molecular flexibility index (Phi) is 6.70. The first-order valence-electron chi connectivity index (χ1n) is 17.7. The van der Waals surface area contributed by atoms with Crippen molar-refractivity contribution in [3.8, 4) is 44.5 Å². The van der Waals surface area contributed by atoms with Gasteiger partial charge in [-0.05, 0) is 115 Å². The molecule has 2 aromatic heterocycles. The largest absolute Gasteiger partial charge is 0.135 e. The van der Waals surface area contributed by atoms with Crippen molar-refractivity contribution in [1.29, 1.82) is 0 Å². The summed E-state index contributed by atoms with van der Waals surface area (Å²) in [6.45, 7) is 0. The van der Waals surface area contributed by atoms with E-state index < -0.39 is 0 Å². The molecule has 11 rings (SSSR count). The number of hydrogen-bond donors (Lipinski definition) is 0. The summed E-state index contributed by atoms with van der Waals surface area (Å²) in [4.78, 5) is 0. The zero-order valence-corrected chi connectivity index (χ0v) is 29.8. The van der Waals surface area contributed by atoms with Gasteiger partial charge in [0, 0.05) is 40.3 Å². The number of fused-ring (bicyclic) bond motifs is 8. The van der Waals surface area contributed by atoms with E-state index in [0.29, 0.717) is 0 Å². The summed E-state index contributed by atoms with van der Waals surface area (Å²) in [5.74, 6) is 0. The molecule has 0 amide bonds. The molecule has 52 heavy (non-hydrogen) atoms. The van der Waals surface area contributed by atoms with Gasteiger partial charge in [-0.2, -0.15) is 0 Å². The molecule has 0 saturated heterocycles. The van der Waals surface area contributed by atoms with Crippen molar-refractivity contribution in [2.75, 3.05) is 0 Å². The summed E-state index contributed by atoms with van der Waals surface area (Å²) in [6, 6.07) is 67.6. The second kappa shape index (κ2) is 11.7. The molecule has 0 saturated carbocycles. The molecule has 0 N–H and O–H groups in total. The molecule has 2 heterocycles. The lowest BCUT2D eigenvalue weighted by Crippen LogP contribution is -1.92. The Bertz CT molecular complexity index is 2990. The molecule has 9 aromatic carbocycles. The number of thiophene rings is 2. The Balaban J connectivity index is 1.21. The summed E-state index contributed by atoms with van der Waals surface area (Å²) >= 11 is 3.74. The quantitative estimate of drug-likeness (QED) is 0.161. The van der Waals surface area contributed by atoms with Crippen LogP contribution in [-0.4, -0.2) is 0 Å². The van der Waals surface area contributed by atoms with Crippen LogP contribution in [0.15, 0.2) is 182 Å². The van der Waals surface area contributed by atoms with Gasteiger partial charge in [0.15, 0.2) is 0 Å². The third kappa shape index (κ3) is 4.65. The fraction of sp³-hybridized carbons (Fsp3) is 0.